The predicted octanol–water partition coefficient (Wildman–Crippen LogP) is 1.43. The van der Waals surface area contributed by atoms with Crippen molar-refractivity contribution < 1.29 is 17.9 Å². The lowest BCUT2D eigenvalue weighted by Crippen LogP contribution is -2.57. The lowest BCUT2D eigenvalue weighted by atomic mass is 10.1. The number of alkyl halides is 3. The lowest BCUT2D eigenvalue weighted by molar-refractivity contribution is -0.188. The molecule has 2 heterocycles. The Morgan fingerprint density at radius 1 is 1.47 bits per heavy atom. The van der Waals surface area contributed by atoms with E-state index in [1.807, 2.05) is 0 Å². The first-order valence-electron chi connectivity index (χ1n) is 6.01. The molecule has 0 amide bonds. The molecule has 1 aromatic heterocycles. The minimum Gasteiger partial charge on any atom is -0.481 e. The zero-order valence-electron chi connectivity index (χ0n) is 10.6. The number of ether oxygens (including phenoxy) is 1. The van der Waals surface area contributed by atoms with Gasteiger partial charge in [-0.15, -0.1) is 0 Å². The number of rotatable bonds is 3. The van der Waals surface area contributed by atoms with Crippen molar-refractivity contribution in [1.82, 2.24) is 15.2 Å². The molecule has 2 rings (SSSR count). The zero-order valence-corrected chi connectivity index (χ0v) is 10.6. The van der Waals surface area contributed by atoms with Crippen LogP contribution in [0.1, 0.15) is 5.56 Å². The fourth-order valence-electron chi connectivity index (χ4n) is 2.12. The van der Waals surface area contributed by atoms with Crippen LogP contribution in [0, 0.1) is 0 Å². The Hall–Kier alpha value is -1.34. The van der Waals surface area contributed by atoms with Gasteiger partial charge in [0.25, 0.3) is 0 Å². The van der Waals surface area contributed by atoms with E-state index in [0.29, 0.717) is 19.0 Å². The van der Waals surface area contributed by atoms with Crippen LogP contribution in [0.15, 0.2) is 18.3 Å². The molecule has 1 fully saturated rings. The average molecular weight is 275 g/mol. The summed E-state index contributed by atoms with van der Waals surface area (Å²) in [4.78, 5) is 5.43. The maximum absolute atomic E-state index is 12.9. The normalized spacial score (nSPS) is 21.4. The highest BCUT2D eigenvalue weighted by molar-refractivity contribution is 5.17. The number of piperazine rings is 1. The molecule has 1 aliphatic rings. The van der Waals surface area contributed by atoms with Crippen molar-refractivity contribution in [2.45, 2.75) is 18.8 Å². The average Bonchev–Trinajstić information content (AvgIpc) is 2.39. The maximum Gasteiger partial charge on any atom is 0.405 e. The second-order valence-electron chi connectivity index (χ2n) is 4.44. The summed E-state index contributed by atoms with van der Waals surface area (Å²) in [7, 11) is 1.50. The van der Waals surface area contributed by atoms with Crippen LogP contribution in [0.25, 0.3) is 0 Å². The molecule has 0 aromatic carbocycles. The predicted molar refractivity (Wildman–Crippen MR) is 63.9 cm³/mol. The van der Waals surface area contributed by atoms with Crippen molar-refractivity contribution in [2.24, 2.45) is 0 Å². The molecular weight excluding hydrogens is 259 g/mol. The Balaban J connectivity index is 2.06. The molecule has 1 atom stereocenters. The fourth-order valence-corrected chi connectivity index (χ4v) is 2.12. The number of pyridine rings is 1. The van der Waals surface area contributed by atoms with Gasteiger partial charge in [0, 0.05) is 38.4 Å². The number of nitrogens with one attached hydrogen (secondary N) is 1. The van der Waals surface area contributed by atoms with E-state index in [1.165, 1.54) is 12.0 Å². The molecule has 0 unspecified atom stereocenters. The van der Waals surface area contributed by atoms with E-state index >= 15 is 0 Å². The number of halogens is 3. The minimum absolute atomic E-state index is 0.0624. The van der Waals surface area contributed by atoms with E-state index in [0.717, 1.165) is 5.56 Å². The molecule has 0 bridgehead atoms. The molecule has 0 saturated carbocycles. The summed E-state index contributed by atoms with van der Waals surface area (Å²) < 4.78 is 43.6. The molecule has 0 spiro atoms. The quantitative estimate of drug-likeness (QED) is 0.905. The highest BCUT2D eigenvalue weighted by atomic mass is 19.4. The molecule has 0 radical (unpaired) electrons. The van der Waals surface area contributed by atoms with Crippen LogP contribution in [0.5, 0.6) is 5.88 Å². The third-order valence-electron chi connectivity index (χ3n) is 3.12. The largest absolute Gasteiger partial charge is 0.481 e. The third kappa shape index (κ3) is 3.57. The summed E-state index contributed by atoms with van der Waals surface area (Å²) >= 11 is 0. The lowest BCUT2D eigenvalue weighted by Gasteiger charge is -2.37. The van der Waals surface area contributed by atoms with Crippen molar-refractivity contribution in [3.63, 3.8) is 0 Å². The molecule has 1 saturated heterocycles. The summed E-state index contributed by atoms with van der Waals surface area (Å²) in [6.45, 7) is 1.11. The van der Waals surface area contributed by atoms with Gasteiger partial charge in [-0.05, 0) is 5.56 Å². The highest BCUT2D eigenvalue weighted by Crippen LogP contribution is 2.27. The molecule has 1 aromatic rings. The zero-order chi connectivity index (χ0) is 13.9. The molecule has 0 aliphatic carbocycles. The van der Waals surface area contributed by atoms with E-state index in [9.17, 15) is 13.2 Å². The van der Waals surface area contributed by atoms with Crippen LogP contribution in [0.2, 0.25) is 0 Å². The van der Waals surface area contributed by atoms with Crippen molar-refractivity contribution in [3.05, 3.63) is 23.9 Å². The van der Waals surface area contributed by atoms with Gasteiger partial charge in [-0.2, -0.15) is 13.2 Å². The Morgan fingerprint density at radius 2 is 2.26 bits per heavy atom. The smallest absolute Gasteiger partial charge is 0.405 e. The summed E-state index contributed by atoms with van der Waals surface area (Å²) in [6.07, 6.45) is -2.67. The second-order valence-corrected chi connectivity index (χ2v) is 4.44. The Labute approximate surface area is 109 Å². The molecular formula is C12H16F3N3O. The molecule has 7 heteroatoms. The van der Waals surface area contributed by atoms with Gasteiger partial charge >= 0.3 is 6.18 Å². The van der Waals surface area contributed by atoms with Gasteiger partial charge < -0.3 is 10.1 Å². The number of aromatic nitrogens is 1. The molecule has 1 aliphatic heterocycles. The van der Waals surface area contributed by atoms with Gasteiger partial charge in [0.15, 0.2) is 0 Å². The highest BCUT2D eigenvalue weighted by Gasteiger charge is 2.44. The van der Waals surface area contributed by atoms with Gasteiger partial charge in [0.05, 0.1) is 7.11 Å². The molecule has 1 N–H and O–H groups in total. The SMILES string of the molecule is COc1ccc(CN2CCNC[C@@H]2C(F)(F)F)cn1. The minimum atomic E-state index is -4.21. The van der Waals surface area contributed by atoms with E-state index < -0.39 is 12.2 Å². The molecule has 4 nitrogen and oxygen atoms in total. The van der Waals surface area contributed by atoms with Gasteiger partial charge in [-0.3, -0.25) is 4.90 Å². The van der Waals surface area contributed by atoms with Crippen molar-refractivity contribution >= 4 is 0 Å². The van der Waals surface area contributed by atoms with E-state index in [-0.39, 0.29) is 13.1 Å². The van der Waals surface area contributed by atoms with Crippen LogP contribution in [0.3, 0.4) is 0 Å². The Kier molecular flexibility index (Phi) is 4.26. The number of methoxy groups -OCH3 is 1. The first-order valence-corrected chi connectivity index (χ1v) is 6.01. The summed E-state index contributed by atoms with van der Waals surface area (Å²) in [5, 5.41) is 2.78. The second kappa shape index (κ2) is 5.75. The van der Waals surface area contributed by atoms with Crippen LogP contribution in [-0.2, 0) is 6.54 Å². The first kappa shape index (κ1) is 14.1. The summed E-state index contributed by atoms with van der Waals surface area (Å²) in [5.74, 6) is 0.455. The van der Waals surface area contributed by atoms with E-state index in [2.05, 4.69) is 10.3 Å². The molecule has 19 heavy (non-hydrogen) atoms. The monoisotopic (exact) mass is 275 g/mol. The maximum atomic E-state index is 12.9. The number of hydrogen-bond donors (Lipinski definition) is 1. The van der Waals surface area contributed by atoms with Gasteiger partial charge in [-0.25, -0.2) is 4.98 Å². The fraction of sp³-hybridized carbons (Fsp3) is 0.583. The Morgan fingerprint density at radius 3 is 2.84 bits per heavy atom. The molecule has 106 valence electrons. The van der Waals surface area contributed by atoms with Crippen molar-refractivity contribution in [1.29, 1.82) is 0 Å². The topological polar surface area (TPSA) is 37.4 Å². The van der Waals surface area contributed by atoms with Gasteiger partial charge in [0.2, 0.25) is 5.88 Å². The number of hydrogen-bond acceptors (Lipinski definition) is 4. The third-order valence-corrected chi connectivity index (χ3v) is 3.12. The first-order chi connectivity index (χ1) is 9.00. The van der Waals surface area contributed by atoms with Gasteiger partial charge in [-0.1, -0.05) is 6.07 Å². The number of nitrogens with zero attached hydrogens (tertiary/aromatic N) is 2. The van der Waals surface area contributed by atoms with Crippen LogP contribution < -0.4 is 10.1 Å². The van der Waals surface area contributed by atoms with E-state index in [1.54, 1.807) is 18.3 Å². The van der Waals surface area contributed by atoms with Crippen LogP contribution >= 0.6 is 0 Å². The van der Waals surface area contributed by atoms with Crippen LogP contribution in [0.4, 0.5) is 13.2 Å². The summed E-state index contributed by atoms with van der Waals surface area (Å²) in [5.41, 5.74) is 0.747. The summed E-state index contributed by atoms with van der Waals surface area (Å²) in [6, 6.07) is 1.95. The van der Waals surface area contributed by atoms with Crippen molar-refractivity contribution in [3.8, 4) is 5.88 Å². The van der Waals surface area contributed by atoms with Crippen LogP contribution in [-0.4, -0.2) is 48.8 Å². The van der Waals surface area contributed by atoms with E-state index in [4.69, 9.17) is 4.74 Å². The Bertz CT molecular complexity index is 408. The standard InChI is InChI=1S/C12H16F3N3O/c1-19-11-3-2-9(6-17-11)8-18-5-4-16-7-10(18)12(13,14)15/h2-3,6,10,16H,4-5,7-8H2,1H3/t10-/m1/s1. The van der Waals surface area contributed by atoms with Crippen molar-refractivity contribution in [2.75, 3.05) is 26.7 Å². The van der Waals surface area contributed by atoms with Gasteiger partial charge in [0.1, 0.15) is 6.04 Å².